The van der Waals surface area contributed by atoms with Crippen molar-refractivity contribution in [3.8, 4) is 0 Å². The first-order valence-electron chi connectivity index (χ1n) is 5.47. The average molecular weight is 309 g/mol. The van der Waals surface area contributed by atoms with E-state index in [1.165, 1.54) is 12.1 Å². The zero-order valence-electron chi connectivity index (χ0n) is 10.1. The van der Waals surface area contributed by atoms with Crippen LogP contribution in [0.2, 0.25) is 10.0 Å². The lowest BCUT2D eigenvalue weighted by Gasteiger charge is -2.10. The highest BCUT2D eigenvalue weighted by atomic mass is 35.5. The van der Waals surface area contributed by atoms with Crippen LogP contribution in [0.4, 0.5) is 0 Å². The van der Waals surface area contributed by atoms with Crippen molar-refractivity contribution in [2.24, 2.45) is 0 Å². The summed E-state index contributed by atoms with van der Waals surface area (Å²) in [6.45, 7) is 3.35. The minimum absolute atomic E-state index is 0.149. The van der Waals surface area contributed by atoms with Gasteiger partial charge in [-0.05, 0) is 31.5 Å². The van der Waals surface area contributed by atoms with E-state index in [-0.39, 0.29) is 10.6 Å². The molecule has 0 amide bonds. The van der Waals surface area contributed by atoms with Gasteiger partial charge in [-0.15, -0.1) is 0 Å². The van der Waals surface area contributed by atoms with Gasteiger partial charge >= 0.3 is 0 Å². The summed E-state index contributed by atoms with van der Waals surface area (Å²) in [7, 11) is -3.44. The van der Waals surface area contributed by atoms with E-state index >= 15 is 0 Å². The van der Waals surface area contributed by atoms with E-state index in [1.807, 2.05) is 0 Å². The van der Waals surface area contributed by atoms with Gasteiger partial charge in [0.15, 0.2) is 15.6 Å². The number of carbonyl (C=O) groups is 1. The predicted octanol–water partition coefficient (Wildman–Crippen LogP) is 3.39. The Morgan fingerprint density at radius 2 is 1.94 bits per heavy atom. The standard InChI is InChI=1S/C12H14Cl2O3S/c1-3-8(2)18(16,17)7-12(15)10-6-9(13)4-5-11(10)14/h4-6,8H,3,7H2,1-2H3. The van der Waals surface area contributed by atoms with E-state index in [4.69, 9.17) is 23.2 Å². The maximum absolute atomic E-state index is 11.9. The average Bonchev–Trinajstić information content (AvgIpc) is 2.30. The van der Waals surface area contributed by atoms with Crippen LogP contribution in [0.1, 0.15) is 30.6 Å². The first-order valence-corrected chi connectivity index (χ1v) is 7.95. The number of sulfone groups is 1. The van der Waals surface area contributed by atoms with Gasteiger partial charge in [0.05, 0.1) is 10.3 Å². The van der Waals surface area contributed by atoms with Gasteiger partial charge in [-0.1, -0.05) is 30.1 Å². The molecule has 0 bridgehead atoms. The van der Waals surface area contributed by atoms with Gasteiger partial charge in [0, 0.05) is 10.6 Å². The number of ketones is 1. The van der Waals surface area contributed by atoms with E-state index in [0.717, 1.165) is 0 Å². The van der Waals surface area contributed by atoms with Crippen molar-refractivity contribution < 1.29 is 13.2 Å². The molecule has 1 unspecified atom stereocenters. The summed E-state index contributed by atoms with van der Waals surface area (Å²) in [5.74, 6) is -1.06. The summed E-state index contributed by atoms with van der Waals surface area (Å²) in [5, 5.41) is 0.0202. The molecule has 1 rings (SSSR count). The Bertz CT molecular complexity index is 552. The lowest BCUT2D eigenvalue weighted by Crippen LogP contribution is -2.25. The van der Waals surface area contributed by atoms with Crippen LogP contribution in [-0.2, 0) is 9.84 Å². The summed E-state index contributed by atoms with van der Waals surface area (Å²) in [6, 6.07) is 4.41. The zero-order valence-corrected chi connectivity index (χ0v) is 12.4. The number of rotatable bonds is 5. The summed E-state index contributed by atoms with van der Waals surface area (Å²) in [4.78, 5) is 11.9. The molecule has 0 saturated carbocycles. The third-order valence-electron chi connectivity index (χ3n) is 2.75. The zero-order chi connectivity index (χ0) is 13.9. The molecular weight excluding hydrogens is 295 g/mol. The van der Waals surface area contributed by atoms with Crippen LogP contribution >= 0.6 is 23.2 Å². The second kappa shape index (κ2) is 6.04. The number of halogens is 2. The van der Waals surface area contributed by atoms with Crippen LogP contribution in [0, 0.1) is 0 Å². The minimum atomic E-state index is -3.44. The van der Waals surface area contributed by atoms with Crippen molar-refractivity contribution >= 4 is 38.8 Å². The molecular formula is C12H14Cl2O3S. The highest BCUT2D eigenvalue weighted by Crippen LogP contribution is 2.22. The van der Waals surface area contributed by atoms with Gasteiger partial charge in [-0.3, -0.25) is 4.79 Å². The lowest BCUT2D eigenvalue weighted by molar-refractivity contribution is 0.102. The maximum Gasteiger partial charge on any atom is 0.179 e. The summed E-state index contributed by atoms with van der Waals surface area (Å²) >= 11 is 11.6. The van der Waals surface area contributed by atoms with Crippen molar-refractivity contribution in [1.82, 2.24) is 0 Å². The van der Waals surface area contributed by atoms with Crippen molar-refractivity contribution in [1.29, 1.82) is 0 Å². The van der Waals surface area contributed by atoms with Crippen molar-refractivity contribution in [3.05, 3.63) is 33.8 Å². The van der Waals surface area contributed by atoms with Crippen LogP contribution < -0.4 is 0 Å². The predicted molar refractivity (Wildman–Crippen MR) is 74.3 cm³/mol. The Balaban J connectivity index is 3.00. The van der Waals surface area contributed by atoms with E-state index in [2.05, 4.69) is 0 Å². The maximum atomic E-state index is 11.9. The van der Waals surface area contributed by atoms with Crippen molar-refractivity contribution in [2.75, 3.05) is 5.75 Å². The van der Waals surface area contributed by atoms with E-state index in [0.29, 0.717) is 11.4 Å². The van der Waals surface area contributed by atoms with Gasteiger partial charge in [-0.2, -0.15) is 0 Å². The molecule has 0 aliphatic rings. The molecule has 6 heteroatoms. The lowest BCUT2D eigenvalue weighted by atomic mass is 10.1. The quantitative estimate of drug-likeness (QED) is 0.783. The fourth-order valence-corrected chi connectivity index (χ4v) is 3.08. The molecule has 18 heavy (non-hydrogen) atoms. The SMILES string of the molecule is CCC(C)S(=O)(=O)CC(=O)c1cc(Cl)ccc1Cl. The number of carbonyl (C=O) groups excluding carboxylic acids is 1. The first-order chi connectivity index (χ1) is 8.27. The molecule has 3 nitrogen and oxygen atoms in total. The van der Waals surface area contributed by atoms with Crippen LogP contribution in [0.25, 0.3) is 0 Å². The topological polar surface area (TPSA) is 51.2 Å². The Hall–Kier alpha value is -0.580. The second-order valence-corrected chi connectivity index (χ2v) is 7.34. The van der Waals surface area contributed by atoms with E-state index < -0.39 is 26.6 Å². The summed E-state index contributed by atoms with van der Waals surface area (Å²) in [5.41, 5.74) is 0.149. The molecule has 100 valence electrons. The van der Waals surface area contributed by atoms with Crippen LogP contribution in [0.3, 0.4) is 0 Å². The first kappa shape index (κ1) is 15.5. The fraction of sp³-hybridized carbons (Fsp3) is 0.417. The molecule has 0 spiro atoms. The Kier molecular flexibility index (Phi) is 5.20. The third-order valence-corrected chi connectivity index (χ3v) is 5.54. The molecule has 1 aromatic carbocycles. The Morgan fingerprint density at radius 3 is 2.50 bits per heavy atom. The highest BCUT2D eigenvalue weighted by molar-refractivity contribution is 7.92. The van der Waals surface area contributed by atoms with Gasteiger partial charge in [-0.25, -0.2) is 8.42 Å². The van der Waals surface area contributed by atoms with E-state index in [9.17, 15) is 13.2 Å². The van der Waals surface area contributed by atoms with Gasteiger partial charge in [0.2, 0.25) is 0 Å². The monoisotopic (exact) mass is 308 g/mol. The molecule has 0 aromatic heterocycles. The summed E-state index contributed by atoms with van der Waals surface area (Å²) < 4.78 is 23.7. The molecule has 0 fully saturated rings. The van der Waals surface area contributed by atoms with Crippen LogP contribution in [0.5, 0.6) is 0 Å². The minimum Gasteiger partial charge on any atom is -0.293 e. The molecule has 1 atom stereocenters. The van der Waals surface area contributed by atoms with Crippen LogP contribution in [0.15, 0.2) is 18.2 Å². The number of benzene rings is 1. The van der Waals surface area contributed by atoms with Crippen molar-refractivity contribution in [2.45, 2.75) is 25.5 Å². The molecule has 0 saturated heterocycles. The fourth-order valence-electron chi connectivity index (χ4n) is 1.37. The normalized spacial score (nSPS) is 13.3. The van der Waals surface area contributed by atoms with Gasteiger partial charge in [0.1, 0.15) is 5.75 Å². The molecule has 0 aliphatic carbocycles. The Labute approximate surface area is 117 Å². The highest BCUT2D eigenvalue weighted by Gasteiger charge is 2.24. The summed E-state index contributed by atoms with van der Waals surface area (Å²) in [6.07, 6.45) is 0.471. The molecule has 0 heterocycles. The van der Waals surface area contributed by atoms with Crippen LogP contribution in [-0.4, -0.2) is 25.2 Å². The largest absolute Gasteiger partial charge is 0.293 e. The van der Waals surface area contributed by atoms with Gasteiger partial charge < -0.3 is 0 Å². The smallest absolute Gasteiger partial charge is 0.179 e. The number of hydrogen-bond acceptors (Lipinski definition) is 3. The second-order valence-electron chi connectivity index (χ2n) is 4.07. The number of hydrogen-bond donors (Lipinski definition) is 0. The molecule has 1 aromatic rings. The Morgan fingerprint density at radius 1 is 1.33 bits per heavy atom. The third kappa shape index (κ3) is 3.70. The number of Topliss-reactive ketones (excluding diaryl/α,β-unsaturated/α-hetero) is 1. The molecule has 0 radical (unpaired) electrons. The molecule has 0 aliphatic heterocycles. The van der Waals surface area contributed by atoms with Gasteiger partial charge in [0.25, 0.3) is 0 Å². The molecule has 0 N–H and O–H groups in total. The van der Waals surface area contributed by atoms with E-state index in [1.54, 1.807) is 19.9 Å². The van der Waals surface area contributed by atoms with Crippen molar-refractivity contribution in [3.63, 3.8) is 0 Å².